The Kier molecular flexibility index (Phi) is 9.18. The maximum atomic E-state index is 6.12. The third kappa shape index (κ3) is 6.54. The van der Waals surface area contributed by atoms with Gasteiger partial charge in [-0.2, -0.15) is 0 Å². The molecule has 0 aromatic heterocycles. The molecule has 0 spiro atoms. The molecule has 0 amide bonds. The van der Waals surface area contributed by atoms with Gasteiger partial charge in [-0.15, -0.1) is 0 Å². The number of aryl methyl sites for hydroxylation is 2. The van der Waals surface area contributed by atoms with Crippen LogP contribution in [0.1, 0.15) is 61.8 Å². The second-order valence-corrected chi connectivity index (χ2v) is 12.2. The molecule has 0 aliphatic rings. The third-order valence-electron chi connectivity index (χ3n) is 4.01. The fraction of sp³-hybridized carbons (Fsp3) is 0.400. The van der Waals surface area contributed by atoms with Crippen LogP contribution in [0.3, 0.4) is 0 Å². The quantitative estimate of drug-likeness (QED) is 0.224. The van der Waals surface area contributed by atoms with Crippen LogP contribution in [0.4, 0.5) is 0 Å². The maximum absolute atomic E-state index is 6.12. The Labute approximate surface area is 188 Å². The Morgan fingerprint density at radius 2 is 1.15 bits per heavy atom. The molecular formula is C20H27O2PPbS2. The normalized spacial score (nSPS) is 11.4. The van der Waals surface area contributed by atoms with E-state index in [-0.39, 0.29) is 27.3 Å². The van der Waals surface area contributed by atoms with E-state index in [4.69, 9.17) is 20.9 Å². The summed E-state index contributed by atoms with van der Waals surface area (Å²) in [6.45, 7) is 12.6. The third-order valence-corrected chi connectivity index (χ3v) is 5.80. The van der Waals surface area contributed by atoms with Crippen molar-refractivity contribution in [3.8, 4) is 11.5 Å². The van der Waals surface area contributed by atoms with Crippen molar-refractivity contribution in [2.75, 3.05) is 0 Å². The van der Waals surface area contributed by atoms with Gasteiger partial charge in [-0.1, -0.05) is 64.2 Å². The van der Waals surface area contributed by atoms with Gasteiger partial charge in [0.2, 0.25) is 0 Å². The minimum atomic E-state index is -2.78. The monoisotopic (exact) mass is 602 g/mol. The van der Waals surface area contributed by atoms with Crippen LogP contribution < -0.4 is 9.05 Å². The predicted octanol–water partition coefficient (Wildman–Crippen LogP) is 6.78. The van der Waals surface area contributed by atoms with Crippen LogP contribution in [0.15, 0.2) is 36.4 Å². The minimum Gasteiger partial charge on any atom is -0.428 e. The van der Waals surface area contributed by atoms with Crippen molar-refractivity contribution in [2.45, 2.75) is 53.4 Å². The largest absolute Gasteiger partial charge is 0.428 e. The molecule has 0 atom stereocenters. The fourth-order valence-corrected chi connectivity index (χ4v) is 4.52. The molecule has 140 valence electrons. The summed E-state index contributed by atoms with van der Waals surface area (Å²) < 4.78 is 12.2. The zero-order chi connectivity index (χ0) is 18.8. The van der Waals surface area contributed by atoms with Crippen LogP contribution >= 0.6 is 17.9 Å². The van der Waals surface area contributed by atoms with E-state index in [1.807, 2.05) is 26.0 Å². The van der Waals surface area contributed by atoms with Crippen molar-refractivity contribution >= 4 is 57.0 Å². The molecule has 0 bridgehead atoms. The molecule has 6 heteroatoms. The summed E-state index contributed by atoms with van der Waals surface area (Å²) in [4.78, 5) is 0. The predicted molar refractivity (Wildman–Crippen MR) is 121 cm³/mol. The summed E-state index contributed by atoms with van der Waals surface area (Å²) in [5.41, 5.74) is 1.70. The molecule has 0 heterocycles. The fourth-order valence-electron chi connectivity index (χ4n) is 2.66. The Morgan fingerprint density at radius 1 is 0.808 bits per heavy atom. The first kappa shape index (κ1) is 24.0. The van der Waals surface area contributed by atoms with Crippen molar-refractivity contribution in [3.05, 3.63) is 58.7 Å². The second kappa shape index (κ2) is 9.95. The molecule has 2 nitrogen and oxygen atoms in total. The van der Waals surface area contributed by atoms with Crippen LogP contribution in [-0.2, 0) is 11.8 Å². The molecule has 0 saturated heterocycles. The molecule has 2 rings (SSSR count). The van der Waals surface area contributed by atoms with Crippen LogP contribution in [-0.4, -0.2) is 27.3 Å². The minimum absolute atomic E-state index is 0. The number of benzene rings is 2. The summed E-state index contributed by atoms with van der Waals surface area (Å²) in [5, 5.41) is 0. The Balaban J connectivity index is 0.00000338. The van der Waals surface area contributed by atoms with E-state index in [0.29, 0.717) is 11.8 Å². The standard InChI is InChI=1S/C20H27O2PS2.Pb/c1-13(2)17-9-7-15(5)11-19(17)21-23(24,25)22-20-12-16(6)8-10-18(20)14(3)4;/h7-14H,1-6H3,(H,24,25);. The summed E-state index contributed by atoms with van der Waals surface area (Å²) in [6.07, 6.45) is 0. The number of thiol groups is 1. The van der Waals surface area contributed by atoms with Crippen molar-refractivity contribution in [2.24, 2.45) is 0 Å². The molecule has 0 aliphatic carbocycles. The first-order valence-electron chi connectivity index (χ1n) is 8.52. The topological polar surface area (TPSA) is 18.5 Å². The Hall–Kier alpha value is -0.0379. The van der Waals surface area contributed by atoms with Gasteiger partial charge in [0.15, 0.2) is 0 Å². The zero-order valence-corrected chi connectivity index (χ0v) is 22.7. The van der Waals surface area contributed by atoms with Crippen molar-refractivity contribution in [1.82, 2.24) is 0 Å². The first-order chi connectivity index (χ1) is 11.6. The van der Waals surface area contributed by atoms with Gasteiger partial charge in [-0.3, -0.25) is 0 Å². The van der Waals surface area contributed by atoms with Crippen molar-refractivity contribution < 1.29 is 9.05 Å². The molecule has 0 saturated carbocycles. The summed E-state index contributed by atoms with van der Waals surface area (Å²) in [7, 11) is 0. The number of hydrogen-bond donors (Lipinski definition) is 1. The van der Waals surface area contributed by atoms with Crippen molar-refractivity contribution in [1.29, 1.82) is 0 Å². The summed E-state index contributed by atoms with van der Waals surface area (Å²) in [5.74, 6) is 2.22. The molecule has 2 aromatic rings. The smallest absolute Gasteiger partial charge is 0.345 e. The number of hydrogen-bond acceptors (Lipinski definition) is 3. The van der Waals surface area contributed by atoms with Gasteiger partial charge < -0.3 is 9.05 Å². The molecule has 0 aliphatic heterocycles. The number of rotatable bonds is 6. The van der Waals surface area contributed by atoms with E-state index >= 15 is 0 Å². The van der Waals surface area contributed by atoms with E-state index in [2.05, 4.69) is 64.2 Å². The zero-order valence-electron chi connectivity index (χ0n) is 16.2. The average molecular weight is 602 g/mol. The summed E-state index contributed by atoms with van der Waals surface area (Å²) >= 11 is 10.2. The van der Waals surface area contributed by atoms with Gasteiger partial charge in [0, 0.05) is 27.3 Å². The van der Waals surface area contributed by atoms with Gasteiger partial charge in [-0.25, -0.2) is 0 Å². The molecule has 26 heavy (non-hydrogen) atoms. The maximum Gasteiger partial charge on any atom is 0.345 e. The molecular weight excluding hydrogens is 575 g/mol. The van der Waals surface area contributed by atoms with E-state index in [1.165, 1.54) is 0 Å². The van der Waals surface area contributed by atoms with Gasteiger partial charge >= 0.3 is 5.69 Å². The van der Waals surface area contributed by atoms with Crippen molar-refractivity contribution in [3.63, 3.8) is 0 Å². The molecule has 2 aromatic carbocycles. The van der Waals surface area contributed by atoms with Crippen LogP contribution in [0.25, 0.3) is 0 Å². The molecule has 0 fully saturated rings. The Morgan fingerprint density at radius 3 is 1.46 bits per heavy atom. The molecule has 4 radical (unpaired) electrons. The first-order valence-corrected chi connectivity index (χ1v) is 12.3. The molecule has 0 unspecified atom stereocenters. The van der Waals surface area contributed by atoms with Gasteiger partial charge in [0.05, 0.1) is 0 Å². The van der Waals surface area contributed by atoms with Gasteiger partial charge in [0.25, 0.3) is 0 Å². The van der Waals surface area contributed by atoms with Gasteiger partial charge in [0.1, 0.15) is 11.5 Å². The van der Waals surface area contributed by atoms with Gasteiger partial charge in [-0.05, 0) is 71.9 Å². The SMILES string of the molecule is Cc1ccc(C(C)C)c(OP(=S)(S)Oc2cc(C)ccc2C(C)C)c1.[Pb]. The van der Waals surface area contributed by atoms with E-state index < -0.39 is 5.69 Å². The summed E-state index contributed by atoms with van der Waals surface area (Å²) in [6, 6.07) is 12.4. The molecule has 0 N–H and O–H groups in total. The van der Waals surface area contributed by atoms with Crippen LogP contribution in [0.5, 0.6) is 11.5 Å². The average Bonchev–Trinajstić information content (AvgIpc) is 2.45. The van der Waals surface area contributed by atoms with E-state index in [1.54, 1.807) is 0 Å². The van der Waals surface area contributed by atoms with Crippen LogP contribution in [0, 0.1) is 13.8 Å². The Bertz CT molecular complexity index is 743. The van der Waals surface area contributed by atoms with E-state index in [0.717, 1.165) is 33.8 Å². The van der Waals surface area contributed by atoms with Crippen LogP contribution in [0.2, 0.25) is 0 Å². The second-order valence-electron chi connectivity index (χ2n) is 7.04. The van der Waals surface area contributed by atoms with E-state index in [9.17, 15) is 0 Å².